The van der Waals surface area contributed by atoms with Gasteiger partial charge < -0.3 is 24.8 Å². The second-order valence-electron chi connectivity index (χ2n) is 5.25. The summed E-state index contributed by atoms with van der Waals surface area (Å²) in [6.45, 7) is -0.540. The topological polar surface area (TPSA) is 85.9 Å². The van der Waals surface area contributed by atoms with Crippen LogP contribution in [0.25, 0.3) is 0 Å². The lowest BCUT2D eigenvalue weighted by atomic mass is 10.2. The molecule has 0 unspecified atom stereocenters. The lowest BCUT2D eigenvalue weighted by molar-refractivity contribution is -0.286. The zero-order valence-corrected chi connectivity index (χ0v) is 13.5. The summed E-state index contributed by atoms with van der Waals surface area (Å²) in [5.41, 5.74) is 1.05. The number of anilines is 2. The zero-order valence-electron chi connectivity index (χ0n) is 13.5. The first-order valence-corrected chi connectivity index (χ1v) is 7.51. The Morgan fingerprint density at radius 1 is 1.12 bits per heavy atom. The van der Waals surface area contributed by atoms with Crippen LogP contribution in [-0.2, 0) is 9.53 Å². The van der Waals surface area contributed by atoms with Crippen molar-refractivity contribution >= 4 is 23.3 Å². The third kappa shape index (κ3) is 3.82. The van der Waals surface area contributed by atoms with Gasteiger partial charge in [0.15, 0.2) is 18.1 Å². The van der Waals surface area contributed by atoms with E-state index in [4.69, 9.17) is 4.74 Å². The Bertz CT molecular complexity index is 857. The lowest BCUT2D eigenvalue weighted by Gasteiger charge is -2.09. The Hall–Kier alpha value is -3.36. The van der Waals surface area contributed by atoms with Gasteiger partial charge in [-0.3, -0.25) is 4.79 Å². The number of carbonyl (C=O) groups is 2. The van der Waals surface area contributed by atoms with Crippen molar-refractivity contribution in [1.82, 2.24) is 0 Å². The Labute approximate surface area is 146 Å². The van der Waals surface area contributed by atoms with Crippen LogP contribution in [0.5, 0.6) is 11.5 Å². The largest absolute Gasteiger partial charge is 0.586 e. The molecule has 1 amide bonds. The number of halogens is 2. The van der Waals surface area contributed by atoms with E-state index in [1.54, 1.807) is 31.3 Å². The van der Waals surface area contributed by atoms with E-state index in [9.17, 15) is 18.4 Å². The third-order valence-corrected chi connectivity index (χ3v) is 3.44. The van der Waals surface area contributed by atoms with E-state index < -0.39 is 24.8 Å². The summed E-state index contributed by atoms with van der Waals surface area (Å²) in [5, 5.41) is 5.27. The summed E-state index contributed by atoms with van der Waals surface area (Å²) in [5.74, 6) is -1.64. The standard InChI is InChI=1S/C17H14F2N2O5/c1-20-12-5-3-2-4-11(12)16(23)24-9-15(22)21-10-6-7-13-14(8-10)26-17(18,19)25-13/h2-8,20H,9H2,1H3,(H,21,22). The van der Waals surface area contributed by atoms with E-state index in [2.05, 4.69) is 20.1 Å². The molecule has 0 atom stereocenters. The maximum atomic E-state index is 13.0. The number of alkyl halides is 2. The number of nitrogens with one attached hydrogen (secondary N) is 2. The number of amides is 1. The van der Waals surface area contributed by atoms with Crippen LogP contribution >= 0.6 is 0 Å². The van der Waals surface area contributed by atoms with E-state index >= 15 is 0 Å². The number of esters is 1. The first-order valence-electron chi connectivity index (χ1n) is 7.51. The summed E-state index contributed by atoms with van der Waals surface area (Å²) in [6, 6.07) is 10.5. The van der Waals surface area contributed by atoms with Crippen LogP contribution < -0.4 is 20.1 Å². The normalized spacial score (nSPS) is 13.8. The minimum atomic E-state index is -3.73. The van der Waals surface area contributed by atoms with Crippen LogP contribution in [0.1, 0.15) is 10.4 Å². The highest BCUT2D eigenvalue weighted by Gasteiger charge is 2.43. The van der Waals surface area contributed by atoms with E-state index in [0.717, 1.165) is 0 Å². The fraction of sp³-hybridized carbons (Fsp3) is 0.176. The van der Waals surface area contributed by atoms with E-state index in [1.807, 2.05) is 0 Å². The summed E-state index contributed by atoms with van der Waals surface area (Å²) >= 11 is 0. The number of carbonyl (C=O) groups excluding carboxylic acids is 2. The van der Waals surface area contributed by atoms with Crippen LogP contribution in [0.4, 0.5) is 20.2 Å². The molecule has 3 rings (SSSR count). The Morgan fingerprint density at radius 3 is 2.62 bits per heavy atom. The van der Waals surface area contributed by atoms with Crippen LogP contribution in [0.2, 0.25) is 0 Å². The van der Waals surface area contributed by atoms with Gasteiger partial charge >= 0.3 is 12.3 Å². The molecular formula is C17H14F2N2O5. The Balaban J connectivity index is 1.58. The van der Waals surface area contributed by atoms with Crippen LogP contribution in [0.3, 0.4) is 0 Å². The fourth-order valence-electron chi connectivity index (χ4n) is 2.31. The summed E-state index contributed by atoms with van der Waals surface area (Å²) in [6.07, 6.45) is -3.73. The van der Waals surface area contributed by atoms with Crippen molar-refractivity contribution in [3.05, 3.63) is 48.0 Å². The predicted molar refractivity (Wildman–Crippen MR) is 87.5 cm³/mol. The molecule has 0 saturated heterocycles. The van der Waals surface area contributed by atoms with E-state index in [1.165, 1.54) is 18.2 Å². The molecule has 2 N–H and O–H groups in total. The molecule has 1 aliphatic rings. The summed E-state index contributed by atoms with van der Waals surface area (Å²) in [7, 11) is 1.65. The quantitative estimate of drug-likeness (QED) is 0.794. The molecule has 0 fully saturated rings. The molecule has 1 aliphatic heterocycles. The minimum absolute atomic E-state index is 0.136. The van der Waals surface area contributed by atoms with Crippen molar-refractivity contribution in [3.63, 3.8) is 0 Å². The van der Waals surface area contributed by atoms with Crippen molar-refractivity contribution in [3.8, 4) is 11.5 Å². The Kier molecular flexibility index (Phi) is 4.61. The average molecular weight is 364 g/mol. The van der Waals surface area contributed by atoms with Gasteiger partial charge in [0.05, 0.1) is 5.56 Å². The Morgan fingerprint density at radius 2 is 1.85 bits per heavy atom. The number of ether oxygens (including phenoxy) is 3. The van der Waals surface area contributed by atoms with Crippen LogP contribution in [-0.4, -0.2) is 31.8 Å². The maximum absolute atomic E-state index is 13.0. The van der Waals surface area contributed by atoms with Gasteiger partial charge in [0.2, 0.25) is 0 Å². The fourth-order valence-corrected chi connectivity index (χ4v) is 2.31. The van der Waals surface area contributed by atoms with E-state index in [0.29, 0.717) is 5.69 Å². The highest BCUT2D eigenvalue weighted by molar-refractivity contribution is 5.98. The minimum Gasteiger partial charge on any atom is -0.452 e. The molecule has 7 nitrogen and oxygen atoms in total. The van der Waals surface area contributed by atoms with Crippen molar-refractivity contribution in [1.29, 1.82) is 0 Å². The zero-order chi connectivity index (χ0) is 18.7. The molecule has 2 aromatic rings. The molecule has 136 valence electrons. The van der Waals surface area contributed by atoms with Crippen LogP contribution in [0, 0.1) is 0 Å². The van der Waals surface area contributed by atoms with Gasteiger partial charge in [-0.1, -0.05) is 12.1 Å². The van der Waals surface area contributed by atoms with Gasteiger partial charge in [-0.25, -0.2) is 4.79 Å². The number of rotatable bonds is 5. The third-order valence-electron chi connectivity index (χ3n) is 3.44. The van der Waals surface area contributed by atoms with E-state index in [-0.39, 0.29) is 22.7 Å². The highest BCUT2D eigenvalue weighted by atomic mass is 19.3. The molecule has 0 bridgehead atoms. The van der Waals surface area contributed by atoms with Crippen molar-refractivity contribution in [2.45, 2.75) is 6.29 Å². The molecule has 26 heavy (non-hydrogen) atoms. The van der Waals surface area contributed by atoms with Gasteiger partial charge in [0.25, 0.3) is 5.91 Å². The number of fused-ring (bicyclic) bond motifs is 1. The molecule has 2 aromatic carbocycles. The number of hydrogen-bond acceptors (Lipinski definition) is 6. The molecule has 0 spiro atoms. The molecule has 1 heterocycles. The lowest BCUT2D eigenvalue weighted by Crippen LogP contribution is -2.25. The highest BCUT2D eigenvalue weighted by Crippen LogP contribution is 2.42. The van der Waals surface area contributed by atoms with Crippen molar-refractivity contribution in [2.24, 2.45) is 0 Å². The predicted octanol–water partition coefficient (Wildman–Crippen LogP) is 2.85. The second-order valence-corrected chi connectivity index (χ2v) is 5.25. The monoisotopic (exact) mass is 364 g/mol. The smallest absolute Gasteiger partial charge is 0.452 e. The van der Waals surface area contributed by atoms with Gasteiger partial charge in [0, 0.05) is 24.5 Å². The van der Waals surface area contributed by atoms with Crippen molar-refractivity contribution < 1.29 is 32.6 Å². The molecule has 0 aromatic heterocycles. The second kappa shape index (κ2) is 6.87. The summed E-state index contributed by atoms with van der Waals surface area (Å²) < 4.78 is 39.5. The molecule has 0 radical (unpaired) electrons. The van der Waals surface area contributed by atoms with Crippen molar-refractivity contribution in [2.75, 3.05) is 24.3 Å². The number of hydrogen-bond donors (Lipinski definition) is 2. The van der Waals surface area contributed by atoms with Gasteiger partial charge in [-0.15, -0.1) is 8.78 Å². The summed E-state index contributed by atoms with van der Waals surface area (Å²) in [4.78, 5) is 24.0. The van der Waals surface area contributed by atoms with Gasteiger partial charge in [-0.05, 0) is 24.3 Å². The first kappa shape index (κ1) is 17.5. The maximum Gasteiger partial charge on any atom is 0.586 e. The first-order chi connectivity index (χ1) is 12.4. The average Bonchev–Trinajstić information content (AvgIpc) is 2.92. The molecular weight excluding hydrogens is 350 g/mol. The number of benzene rings is 2. The molecule has 9 heteroatoms. The van der Waals surface area contributed by atoms with Crippen LogP contribution in [0.15, 0.2) is 42.5 Å². The molecule has 0 aliphatic carbocycles. The SMILES string of the molecule is CNc1ccccc1C(=O)OCC(=O)Nc1ccc2c(c1)OC(F)(F)O2. The molecule has 0 saturated carbocycles. The van der Waals surface area contributed by atoms with Gasteiger partial charge in [0.1, 0.15) is 0 Å². The van der Waals surface area contributed by atoms with Gasteiger partial charge in [-0.2, -0.15) is 0 Å². The number of para-hydroxylation sites is 1.